The Hall–Kier alpha value is -1.43. The Morgan fingerprint density at radius 1 is 1.56 bits per heavy atom. The van der Waals surface area contributed by atoms with Gasteiger partial charge in [0.2, 0.25) is 5.89 Å². The average Bonchev–Trinajstić information content (AvgIpc) is 3.09. The molecule has 1 heterocycles. The first-order valence-corrected chi connectivity index (χ1v) is 6.35. The van der Waals surface area contributed by atoms with Crippen LogP contribution in [0.2, 0.25) is 0 Å². The standard InChI is InChI=1S/C12H19N3O3/c1-3-17-11(16)6-7-15(2)8-10-13-12(18-14-10)9-4-5-9/h9H,3-8H2,1-2H3. The summed E-state index contributed by atoms with van der Waals surface area (Å²) >= 11 is 0. The Morgan fingerprint density at radius 2 is 2.33 bits per heavy atom. The molecule has 2 rings (SSSR count). The fourth-order valence-electron chi connectivity index (χ4n) is 1.66. The van der Waals surface area contributed by atoms with Crippen LogP contribution in [0.3, 0.4) is 0 Å². The summed E-state index contributed by atoms with van der Waals surface area (Å²) in [6, 6.07) is 0. The quantitative estimate of drug-likeness (QED) is 0.683. The van der Waals surface area contributed by atoms with E-state index in [0.29, 0.717) is 37.9 Å². The van der Waals surface area contributed by atoms with Gasteiger partial charge in [0.25, 0.3) is 0 Å². The number of rotatable bonds is 7. The Kier molecular flexibility index (Phi) is 4.30. The topological polar surface area (TPSA) is 68.5 Å². The van der Waals surface area contributed by atoms with E-state index < -0.39 is 0 Å². The second-order valence-electron chi connectivity index (χ2n) is 4.62. The van der Waals surface area contributed by atoms with Crippen LogP contribution in [-0.2, 0) is 16.1 Å². The molecule has 1 fully saturated rings. The van der Waals surface area contributed by atoms with Crippen molar-refractivity contribution in [2.45, 2.75) is 38.6 Å². The minimum atomic E-state index is -0.170. The maximum atomic E-state index is 11.2. The van der Waals surface area contributed by atoms with Crippen LogP contribution in [0.1, 0.15) is 43.8 Å². The second-order valence-corrected chi connectivity index (χ2v) is 4.62. The molecule has 0 unspecified atom stereocenters. The van der Waals surface area contributed by atoms with E-state index in [1.807, 2.05) is 11.9 Å². The second kappa shape index (κ2) is 5.95. The van der Waals surface area contributed by atoms with Crippen molar-refractivity contribution in [1.29, 1.82) is 0 Å². The molecule has 0 saturated heterocycles. The fourth-order valence-corrected chi connectivity index (χ4v) is 1.66. The van der Waals surface area contributed by atoms with Gasteiger partial charge < -0.3 is 9.26 Å². The number of hydrogen-bond donors (Lipinski definition) is 0. The molecule has 1 aliphatic carbocycles. The Morgan fingerprint density at radius 3 is 3.00 bits per heavy atom. The highest BCUT2D eigenvalue weighted by Gasteiger charge is 2.29. The monoisotopic (exact) mass is 253 g/mol. The lowest BCUT2D eigenvalue weighted by atomic mass is 10.4. The van der Waals surface area contributed by atoms with Gasteiger partial charge >= 0.3 is 5.97 Å². The highest BCUT2D eigenvalue weighted by Crippen LogP contribution is 2.38. The third kappa shape index (κ3) is 3.80. The molecule has 0 bridgehead atoms. The first-order chi connectivity index (χ1) is 8.69. The molecule has 6 nitrogen and oxygen atoms in total. The molecule has 0 atom stereocenters. The molecule has 1 aliphatic rings. The lowest BCUT2D eigenvalue weighted by Crippen LogP contribution is -2.22. The van der Waals surface area contributed by atoms with Crippen molar-refractivity contribution in [3.05, 3.63) is 11.7 Å². The predicted molar refractivity (Wildman–Crippen MR) is 63.9 cm³/mol. The van der Waals surface area contributed by atoms with E-state index in [9.17, 15) is 4.79 Å². The highest BCUT2D eigenvalue weighted by molar-refractivity contribution is 5.69. The zero-order valence-electron chi connectivity index (χ0n) is 10.9. The van der Waals surface area contributed by atoms with Crippen molar-refractivity contribution >= 4 is 5.97 Å². The lowest BCUT2D eigenvalue weighted by molar-refractivity contribution is -0.143. The van der Waals surface area contributed by atoms with Crippen LogP contribution in [0, 0.1) is 0 Å². The van der Waals surface area contributed by atoms with Gasteiger partial charge in [0.05, 0.1) is 19.6 Å². The van der Waals surface area contributed by atoms with E-state index in [1.165, 1.54) is 0 Å². The molecule has 6 heteroatoms. The summed E-state index contributed by atoms with van der Waals surface area (Å²) in [5.74, 6) is 1.75. The number of aromatic nitrogens is 2. The van der Waals surface area contributed by atoms with E-state index in [0.717, 1.165) is 18.7 Å². The van der Waals surface area contributed by atoms with E-state index in [1.54, 1.807) is 6.92 Å². The van der Waals surface area contributed by atoms with E-state index in [-0.39, 0.29) is 5.97 Å². The third-order valence-electron chi connectivity index (χ3n) is 2.82. The molecule has 0 spiro atoms. The van der Waals surface area contributed by atoms with Gasteiger partial charge in [-0.25, -0.2) is 0 Å². The molecule has 0 N–H and O–H groups in total. The van der Waals surface area contributed by atoms with Gasteiger partial charge in [-0.1, -0.05) is 5.16 Å². The predicted octanol–water partition coefficient (Wildman–Crippen LogP) is 1.33. The summed E-state index contributed by atoms with van der Waals surface area (Å²) in [5.41, 5.74) is 0. The number of ether oxygens (including phenoxy) is 1. The highest BCUT2D eigenvalue weighted by atomic mass is 16.5. The number of esters is 1. The van der Waals surface area contributed by atoms with Crippen molar-refractivity contribution in [3.63, 3.8) is 0 Å². The van der Waals surface area contributed by atoms with Crippen LogP contribution in [0.4, 0.5) is 0 Å². The van der Waals surface area contributed by atoms with Crippen molar-refractivity contribution in [3.8, 4) is 0 Å². The number of carbonyl (C=O) groups is 1. The van der Waals surface area contributed by atoms with Gasteiger partial charge in [-0.3, -0.25) is 9.69 Å². The maximum Gasteiger partial charge on any atom is 0.307 e. The minimum absolute atomic E-state index is 0.170. The largest absolute Gasteiger partial charge is 0.466 e. The number of carbonyl (C=O) groups excluding carboxylic acids is 1. The smallest absolute Gasteiger partial charge is 0.307 e. The van der Waals surface area contributed by atoms with Gasteiger partial charge in [-0.2, -0.15) is 4.98 Å². The van der Waals surface area contributed by atoms with Crippen molar-refractivity contribution in [2.75, 3.05) is 20.2 Å². The molecular weight excluding hydrogens is 234 g/mol. The van der Waals surface area contributed by atoms with Crippen LogP contribution in [0.5, 0.6) is 0 Å². The summed E-state index contributed by atoms with van der Waals surface area (Å²) in [7, 11) is 1.92. The third-order valence-corrected chi connectivity index (χ3v) is 2.82. The van der Waals surface area contributed by atoms with Crippen molar-refractivity contribution in [2.24, 2.45) is 0 Å². The van der Waals surface area contributed by atoms with Crippen molar-refractivity contribution < 1.29 is 14.1 Å². The first-order valence-electron chi connectivity index (χ1n) is 6.35. The summed E-state index contributed by atoms with van der Waals surface area (Å²) in [6.07, 6.45) is 2.69. The molecule has 1 aromatic rings. The van der Waals surface area contributed by atoms with Crippen LogP contribution in [0.15, 0.2) is 4.52 Å². The molecule has 0 radical (unpaired) electrons. The Labute approximate surface area is 106 Å². The zero-order valence-corrected chi connectivity index (χ0v) is 10.9. The molecule has 1 aromatic heterocycles. The zero-order chi connectivity index (χ0) is 13.0. The number of nitrogens with zero attached hydrogens (tertiary/aromatic N) is 3. The van der Waals surface area contributed by atoms with E-state index >= 15 is 0 Å². The van der Waals surface area contributed by atoms with Gasteiger partial charge in [-0.15, -0.1) is 0 Å². The molecular formula is C12H19N3O3. The van der Waals surface area contributed by atoms with Crippen molar-refractivity contribution in [1.82, 2.24) is 15.0 Å². The van der Waals surface area contributed by atoms with Crippen LogP contribution in [0.25, 0.3) is 0 Å². The number of hydrogen-bond acceptors (Lipinski definition) is 6. The normalized spacial score (nSPS) is 15.1. The molecule has 18 heavy (non-hydrogen) atoms. The molecule has 0 amide bonds. The van der Waals surface area contributed by atoms with Crippen LogP contribution >= 0.6 is 0 Å². The maximum absolute atomic E-state index is 11.2. The summed E-state index contributed by atoms with van der Waals surface area (Å²) < 4.78 is 10.0. The minimum Gasteiger partial charge on any atom is -0.466 e. The molecule has 0 aliphatic heterocycles. The van der Waals surface area contributed by atoms with Crippen LogP contribution < -0.4 is 0 Å². The Bertz CT molecular complexity index is 401. The summed E-state index contributed by atoms with van der Waals surface area (Å²) in [6.45, 7) is 3.46. The first kappa shape index (κ1) is 13.0. The lowest BCUT2D eigenvalue weighted by Gasteiger charge is -2.13. The van der Waals surface area contributed by atoms with Gasteiger partial charge in [0, 0.05) is 12.5 Å². The van der Waals surface area contributed by atoms with E-state index in [2.05, 4.69) is 10.1 Å². The van der Waals surface area contributed by atoms with Gasteiger partial charge in [-0.05, 0) is 26.8 Å². The summed E-state index contributed by atoms with van der Waals surface area (Å²) in [4.78, 5) is 17.5. The molecule has 100 valence electrons. The van der Waals surface area contributed by atoms with Gasteiger partial charge in [0.15, 0.2) is 5.82 Å². The average molecular weight is 253 g/mol. The molecule has 0 aromatic carbocycles. The fraction of sp³-hybridized carbons (Fsp3) is 0.750. The molecule has 1 saturated carbocycles. The summed E-state index contributed by atoms with van der Waals surface area (Å²) in [5, 5.41) is 3.94. The van der Waals surface area contributed by atoms with Crippen LogP contribution in [-0.4, -0.2) is 41.2 Å². The Balaban J connectivity index is 1.72. The van der Waals surface area contributed by atoms with E-state index in [4.69, 9.17) is 9.26 Å². The SMILES string of the molecule is CCOC(=O)CCN(C)Cc1noc(C2CC2)n1. The van der Waals surface area contributed by atoms with Gasteiger partial charge in [0.1, 0.15) is 0 Å².